The van der Waals surface area contributed by atoms with Crippen LogP contribution in [0.15, 0.2) is 30.0 Å². The Hall–Kier alpha value is -2.18. The van der Waals surface area contributed by atoms with E-state index in [-0.39, 0.29) is 21.1 Å². The summed E-state index contributed by atoms with van der Waals surface area (Å²) in [5, 5.41) is 9.16. The normalized spacial score (nSPS) is 11.6. The zero-order chi connectivity index (χ0) is 17.3. The predicted molar refractivity (Wildman–Crippen MR) is 85.5 cm³/mol. The summed E-state index contributed by atoms with van der Waals surface area (Å²) < 4.78 is 13.6. The van der Waals surface area contributed by atoms with Crippen molar-refractivity contribution < 1.29 is 19.1 Å². The maximum Gasteiger partial charge on any atom is 0.341 e. The molecule has 0 saturated carbocycles. The lowest BCUT2D eigenvalue weighted by molar-refractivity contribution is -0.132. The molecule has 0 saturated heterocycles. The second-order valence-corrected chi connectivity index (χ2v) is 5.69. The average Bonchev–Trinajstić information content (AvgIpc) is 2.45. The molecule has 0 amide bonds. The second kappa shape index (κ2) is 6.52. The summed E-state index contributed by atoms with van der Waals surface area (Å²) in [6, 6.07) is 3.67. The number of pyridine rings is 1. The predicted octanol–water partition coefficient (Wildman–Crippen LogP) is 3.39. The van der Waals surface area contributed by atoms with Gasteiger partial charge in [0.15, 0.2) is 0 Å². The molecular formula is C15H11Cl2FN2O3. The van der Waals surface area contributed by atoms with E-state index in [2.05, 4.69) is 4.98 Å². The van der Waals surface area contributed by atoms with E-state index in [0.717, 1.165) is 12.3 Å². The van der Waals surface area contributed by atoms with Gasteiger partial charge in [0, 0.05) is 25.7 Å². The molecule has 2 rings (SSSR count). The van der Waals surface area contributed by atoms with Crippen molar-refractivity contribution in [3.8, 4) is 0 Å². The Morgan fingerprint density at radius 1 is 1.26 bits per heavy atom. The van der Waals surface area contributed by atoms with Crippen LogP contribution in [0.2, 0.25) is 10.2 Å². The highest BCUT2D eigenvalue weighted by Gasteiger charge is 2.23. The average molecular weight is 357 g/mol. The zero-order valence-electron chi connectivity index (χ0n) is 12.1. The Morgan fingerprint density at radius 3 is 2.48 bits per heavy atom. The summed E-state index contributed by atoms with van der Waals surface area (Å²) in [6.45, 7) is 0. The first kappa shape index (κ1) is 17.2. The first-order valence-electron chi connectivity index (χ1n) is 6.32. The van der Waals surface area contributed by atoms with Gasteiger partial charge in [-0.3, -0.25) is 4.79 Å². The van der Waals surface area contributed by atoms with Crippen molar-refractivity contribution in [3.63, 3.8) is 0 Å². The van der Waals surface area contributed by atoms with Crippen molar-refractivity contribution in [2.45, 2.75) is 0 Å². The summed E-state index contributed by atoms with van der Waals surface area (Å²) >= 11 is 11.6. The molecule has 1 heterocycles. The van der Waals surface area contributed by atoms with Gasteiger partial charge < -0.3 is 10.0 Å². The van der Waals surface area contributed by atoms with Gasteiger partial charge in [-0.25, -0.2) is 14.2 Å². The number of Topliss-reactive ketones (excluding diaryl/α,β-unsaturated/α-hetero) is 1. The molecule has 0 aliphatic heterocycles. The number of carboxylic acid groups (broad SMARTS) is 1. The van der Waals surface area contributed by atoms with Gasteiger partial charge in [0.1, 0.15) is 16.5 Å². The van der Waals surface area contributed by atoms with E-state index in [1.54, 1.807) is 14.1 Å². The number of carboxylic acids is 1. The number of hydrogen-bond acceptors (Lipinski definition) is 4. The monoisotopic (exact) mass is 356 g/mol. The molecule has 5 nitrogen and oxygen atoms in total. The molecule has 1 N–H and O–H groups in total. The molecule has 0 fully saturated rings. The van der Waals surface area contributed by atoms with Gasteiger partial charge in [0.2, 0.25) is 5.78 Å². The van der Waals surface area contributed by atoms with E-state index < -0.39 is 23.1 Å². The third-order valence-corrected chi connectivity index (χ3v) is 3.50. The van der Waals surface area contributed by atoms with Crippen LogP contribution < -0.4 is 0 Å². The van der Waals surface area contributed by atoms with Gasteiger partial charge >= 0.3 is 5.97 Å². The van der Waals surface area contributed by atoms with Crippen molar-refractivity contribution in [1.82, 2.24) is 9.88 Å². The number of halogens is 3. The molecule has 8 heteroatoms. The van der Waals surface area contributed by atoms with Crippen LogP contribution in [0.5, 0.6) is 0 Å². The molecule has 1 aromatic heterocycles. The zero-order valence-corrected chi connectivity index (χ0v) is 13.6. The van der Waals surface area contributed by atoms with Crippen LogP contribution >= 0.6 is 23.2 Å². The highest BCUT2D eigenvalue weighted by atomic mass is 35.5. The lowest BCUT2D eigenvalue weighted by atomic mass is 10.0. The van der Waals surface area contributed by atoms with Crippen LogP contribution in [0.4, 0.5) is 4.39 Å². The quantitative estimate of drug-likeness (QED) is 0.299. The number of carbonyl (C=O) groups excluding carboxylic acids is 1. The summed E-state index contributed by atoms with van der Waals surface area (Å²) in [5.74, 6) is -2.90. The van der Waals surface area contributed by atoms with Crippen molar-refractivity contribution in [1.29, 1.82) is 0 Å². The van der Waals surface area contributed by atoms with Gasteiger partial charge in [0.05, 0.1) is 16.1 Å². The highest BCUT2D eigenvalue weighted by molar-refractivity contribution is 6.36. The standard InChI is InChI=1S/C15H11Cl2FN2O3/c1-20(2)6-9(15(22)23)13(21)8-3-7-4-11(18)10(16)5-12(7)19-14(8)17/h3-6H,1-2H3,(H,22,23). The number of fused-ring (bicyclic) bond motifs is 1. The molecule has 0 aliphatic carbocycles. The first-order valence-corrected chi connectivity index (χ1v) is 7.08. The lowest BCUT2D eigenvalue weighted by Gasteiger charge is -2.10. The van der Waals surface area contributed by atoms with E-state index in [4.69, 9.17) is 23.2 Å². The summed E-state index contributed by atoms with van der Waals surface area (Å²) in [5.41, 5.74) is -0.310. The topological polar surface area (TPSA) is 70.5 Å². The smallest absolute Gasteiger partial charge is 0.341 e. The number of hydrogen-bond donors (Lipinski definition) is 1. The van der Waals surface area contributed by atoms with Crippen molar-refractivity contribution in [2.24, 2.45) is 0 Å². The second-order valence-electron chi connectivity index (χ2n) is 4.93. The molecule has 0 bridgehead atoms. The van der Waals surface area contributed by atoms with E-state index in [9.17, 15) is 19.1 Å². The Kier molecular flexibility index (Phi) is 4.87. The van der Waals surface area contributed by atoms with Crippen LogP contribution in [0, 0.1) is 5.82 Å². The van der Waals surface area contributed by atoms with Crippen LogP contribution in [-0.4, -0.2) is 40.8 Å². The molecule has 0 aliphatic rings. The van der Waals surface area contributed by atoms with E-state index in [0.29, 0.717) is 5.52 Å². The maximum atomic E-state index is 13.6. The number of nitrogens with zero attached hydrogens (tertiary/aromatic N) is 2. The number of aromatic nitrogens is 1. The van der Waals surface area contributed by atoms with Crippen LogP contribution in [0.3, 0.4) is 0 Å². The minimum atomic E-state index is -1.40. The maximum absolute atomic E-state index is 13.6. The number of carbonyl (C=O) groups is 2. The Labute approximate surface area is 140 Å². The lowest BCUT2D eigenvalue weighted by Crippen LogP contribution is -2.17. The van der Waals surface area contributed by atoms with Crippen LogP contribution in [0.1, 0.15) is 10.4 Å². The summed E-state index contributed by atoms with van der Waals surface area (Å²) in [7, 11) is 3.15. The van der Waals surface area contributed by atoms with Gasteiger partial charge in [0.25, 0.3) is 0 Å². The van der Waals surface area contributed by atoms with Crippen molar-refractivity contribution in [3.05, 3.63) is 51.5 Å². The van der Waals surface area contributed by atoms with Gasteiger partial charge in [-0.15, -0.1) is 0 Å². The third kappa shape index (κ3) is 3.60. The molecule has 2 aromatic rings. The molecule has 120 valence electrons. The number of rotatable bonds is 4. The third-order valence-electron chi connectivity index (χ3n) is 2.92. The largest absolute Gasteiger partial charge is 0.477 e. The minimum Gasteiger partial charge on any atom is -0.477 e. The van der Waals surface area contributed by atoms with E-state index in [1.165, 1.54) is 17.0 Å². The van der Waals surface area contributed by atoms with E-state index in [1.807, 2.05) is 0 Å². The molecular weight excluding hydrogens is 346 g/mol. The number of ketones is 1. The fraction of sp³-hybridized carbons (Fsp3) is 0.133. The van der Waals surface area contributed by atoms with Gasteiger partial charge in [-0.1, -0.05) is 23.2 Å². The minimum absolute atomic E-state index is 0.126. The van der Waals surface area contributed by atoms with Gasteiger partial charge in [-0.2, -0.15) is 0 Å². The van der Waals surface area contributed by atoms with Gasteiger partial charge in [-0.05, 0) is 18.2 Å². The Balaban J connectivity index is 2.62. The van der Waals surface area contributed by atoms with Crippen molar-refractivity contribution >= 4 is 45.9 Å². The Morgan fingerprint density at radius 2 is 1.91 bits per heavy atom. The number of benzene rings is 1. The van der Waals surface area contributed by atoms with Crippen LogP contribution in [0.25, 0.3) is 10.9 Å². The summed E-state index contributed by atoms with van der Waals surface area (Å²) in [6.07, 6.45) is 1.16. The fourth-order valence-corrected chi connectivity index (χ4v) is 2.31. The molecule has 0 unspecified atom stereocenters. The highest BCUT2D eigenvalue weighted by Crippen LogP contribution is 2.27. The first-order chi connectivity index (χ1) is 10.7. The SMILES string of the molecule is CN(C)C=C(C(=O)O)C(=O)c1cc2cc(F)c(Cl)cc2nc1Cl. The molecule has 1 aromatic carbocycles. The molecule has 0 radical (unpaired) electrons. The molecule has 23 heavy (non-hydrogen) atoms. The summed E-state index contributed by atoms with van der Waals surface area (Å²) in [4.78, 5) is 29.1. The number of aliphatic carboxylic acids is 1. The Bertz CT molecular complexity index is 850. The fourth-order valence-electron chi connectivity index (χ4n) is 1.92. The molecule has 0 spiro atoms. The van der Waals surface area contributed by atoms with Crippen molar-refractivity contribution in [2.75, 3.05) is 14.1 Å². The van der Waals surface area contributed by atoms with Crippen LogP contribution in [-0.2, 0) is 4.79 Å². The van der Waals surface area contributed by atoms with E-state index >= 15 is 0 Å². The molecule has 0 atom stereocenters.